The van der Waals surface area contributed by atoms with E-state index in [0.29, 0.717) is 24.0 Å². The van der Waals surface area contributed by atoms with Crippen LogP contribution in [-0.2, 0) is 0 Å². The molecule has 2 aliphatic heterocycles. The van der Waals surface area contributed by atoms with Crippen LogP contribution in [0.25, 0.3) is 0 Å². The molecular weight excluding hydrogens is 262 g/mol. The van der Waals surface area contributed by atoms with E-state index in [-0.39, 0.29) is 0 Å². The lowest BCUT2D eigenvalue weighted by Gasteiger charge is -2.46. The van der Waals surface area contributed by atoms with Gasteiger partial charge in [0.05, 0.1) is 12.1 Å². The quantitative estimate of drug-likeness (QED) is 0.655. The predicted octanol–water partition coefficient (Wildman–Crippen LogP) is 0.747. The lowest BCUT2D eigenvalue weighted by atomic mass is 9.98. The van der Waals surface area contributed by atoms with E-state index in [4.69, 9.17) is 5.84 Å². The van der Waals surface area contributed by atoms with Crippen molar-refractivity contribution < 1.29 is 0 Å². The molecule has 0 bridgehead atoms. The van der Waals surface area contributed by atoms with Crippen LogP contribution in [0.15, 0.2) is 35.8 Å². The zero-order valence-corrected chi connectivity index (χ0v) is 13.2. The third-order valence-corrected chi connectivity index (χ3v) is 4.72. The van der Waals surface area contributed by atoms with E-state index in [1.165, 1.54) is 11.5 Å². The first-order valence-corrected chi connectivity index (χ1v) is 7.91. The van der Waals surface area contributed by atoms with Crippen LogP contribution in [0.5, 0.6) is 0 Å². The number of hydrogen-bond donors (Lipinski definition) is 3. The highest BCUT2D eigenvalue weighted by molar-refractivity contribution is 5.28. The fraction of sp³-hybridized carbons (Fsp3) is 0.625. The lowest BCUT2D eigenvalue weighted by Crippen LogP contribution is -2.61. The zero-order chi connectivity index (χ0) is 15.0. The summed E-state index contributed by atoms with van der Waals surface area (Å²) in [5.74, 6) is 7.93. The van der Waals surface area contributed by atoms with Gasteiger partial charge in [0.15, 0.2) is 0 Å². The van der Waals surface area contributed by atoms with E-state index >= 15 is 0 Å². The molecule has 0 amide bonds. The molecule has 5 nitrogen and oxygen atoms in total. The Labute approximate surface area is 127 Å². The van der Waals surface area contributed by atoms with Crippen LogP contribution < -0.4 is 16.5 Å². The Hall–Kier alpha value is -1.46. The number of nitrogens with two attached hydrogens (primary N) is 1. The number of allylic oxidation sites excluding steroid dienone is 3. The van der Waals surface area contributed by atoms with Crippen molar-refractivity contribution in [2.24, 2.45) is 11.8 Å². The van der Waals surface area contributed by atoms with Crippen LogP contribution in [-0.4, -0.2) is 47.7 Å². The van der Waals surface area contributed by atoms with Gasteiger partial charge >= 0.3 is 0 Å². The lowest BCUT2D eigenvalue weighted by molar-refractivity contribution is 0.0603. The minimum Gasteiger partial charge on any atom is -0.377 e. The number of hydrogen-bond acceptors (Lipinski definition) is 5. The third-order valence-electron chi connectivity index (χ3n) is 4.72. The molecule has 3 atom stereocenters. The summed E-state index contributed by atoms with van der Waals surface area (Å²) in [7, 11) is 0. The highest BCUT2D eigenvalue weighted by atomic mass is 15.5. The van der Waals surface area contributed by atoms with Crippen molar-refractivity contribution in [3.8, 4) is 0 Å². The topological polar surface area (TPSA) is 56.6 Å². The maximum atomic E-state index is 6.15. The largest absolute Gasteiger partial charge is 0.377 e. The Bertz CT molecular complexity index is 479. The van der Waals surface area contributed by atoms with Crippen LogP contribution in [0.3, 0.4) is 0 Å². The third kappa shape index (κ3) is 2.80. The molecule has 0 aromatic heterocycles. The van der Waals surface area contributed by atoms with Crippen molar-refractivity contribution in [2.45, 2.75) is 38.9 Å². The fourth-order valence-corrected chi connectivity index (χ4v) is 3.42. The first-order valence-electron chi connectivity index (χ1n) is 7.91. The minimum absolute atomic E-state index is 0.335. The first kappa shape index (κ1) is 14.5. The van der Waals surface area contributed by atoms with Gasteiger partial charge in [0, 0.05) is 31.4 Å². The van der Waals surface area contributed by atoms with E-state index in [0.717, 1.165) is 19.6 Å². The van der Waals surface area contributed by atoms with E-state index in [1.807, 2.05) is 5.01 Å². The van der Waals surface area contributed by atoms with Gasteiger partial charge < -0.3 is 15.5 Å². The van der Waals surface area contributed by atoms with Gasteiger partial charge in [0.1, 0.15) is 5.82 Å². The average molecular weight is 289 g/mol. The molecule has 3 aliphatic rings. The Morgan fingerprint density at radius 3 is 2.48 bits per heavy atom. The Balaban J connectivity index is 1.76. The molecule has 21 heavy (non-hydrogen) atoms. The summed E-state index contributed by atoms with van der Waals surface area (Å²) in [6, 6.07) is 1.10. The number of nitrogens with zero attached hydrogens (tertiary/aromatic N) is 2. The maximum absolute atomic E-state index is 6.15. The molecule has 2 heterocycles. The minimum atomic E-state index is 0.335. The molecule has 0 aromatic carbocycles. The molecular formula is C16H27N5. The van der Waals surface area contributed by atoms with Crippen molar-refractivity contribution in [1.29, 1.82) is 0 Å². The molecule has 116 valence electrons. The summed E-state index contributed by atoms with van der Waals surface area (Å²) in [6.07, 6.45) is 8.66. The SMILES string of the molecule is CC1=C(N2CCN(N)C(C(C)C)C2)NC2C=CC=CC2N1. The fourth-order valence-electron chi connectivity index (χ4n) is 3.42. The second kappa shape index (κ2) is 5.73. The molecule has 5 heteroatoms. The monoisotopic (exact) mass is 289 g/mol. The molecule has 0 saturated carbocycles. The van der Waals surface area contributed by atoms with Crippen molar-refractivity contribution in [2.75, 3.05) is 19.6 Å². The van der Waals surface area contributed by atoms with Gasteiger partial charge in [0.2, 0.25) is 0 Å². The number of piperazine rings is 1. The van der Waals surface area contributed by atoms with Crippen LogP contribution in [0.2, 0.25) is 0 Å². The normalized spacial score (nSPS) is 33.0. The molecule has 1 fully saturated rings. The smallest absolute Gasteiger partial charge is 0.121 e. The van der Waals surface area contributed by atoms with Gasteiger partial charge in [0.25, 0.3) is 0 Å². The first-order chi connectivity index (χ1) is 10.1. The van der Waals surface area contributed by atoms with Gasteiger partial charge in [-0.15, -0.1) is 0 Å². The van der Waals surface area contributed by atoms with Crippen LogP contribution >= 0.6 is 0 Å². The molecule has 3 unspecified atom stereocenters. The van der Waals surface area contributed by atoms with E-state index < -0.39 is 0 Å². The summed E-state index contributed by atoms with van der Waals surface area (Å²) >= 11 is 0. The summed E-state index contributed by atoms with van der Waals surface area (Å²) in [6.45, 7) is 9.50. The molecule has 1 aliphatic carbocycles. The van der Waals surface area contributed by atoms with E-state index in [2.05, 4.69) is 60.6 Å². The van der Waals surface area contributed by atoms with Gasteiger partial charge in [-0.2, -0.15) is 0 Å². The highest BCUT2D eigenvalue weighted by Crippen LogP contribution is 2.22. The molecule has 3 rings (SSSR count). The molecule has 0 spiro atoms. The number of fused-ring (bicyclic) bond motifs is 1. The number of hydrazine groups is 1. The van der Waals surface area contributed by atoms with E-state index in [1.54, 1.807) is 0 Å². The second-order valence-electron chi connectivity index (χ2n) is 6.58. The van der Waals surface area contributed by atoms with Crippen molar-refractivity contribution in [1.82, 2.24) is 20.5 Å². The van der Waals surface area contributed by atoms with Gasteiger partial charge in [-0.3, -0.25) is 5.84 Å². The number of nitrogens with one attached hydrogen (secondary N) is 2. The second-order valence-corrected chi connectivity index (χ2v) is 6.58. The molecule has 1 saturated heterocycles. The Kier molecular flexibility index (Phi) is 3.95. The molecule has 0 aromatic rings. The van der Waals surface area contributed by atoms with Crippen molar-refractivity contribution in [3.63, 3.8) is 0 Å². The summed E-state index contributed by atoms with van der Waals surface area (Å²) < 4.78 is 0. The predicted molar refractivity (Wildman–Crippen MR) is 85.9 cm³/mol. The van der Waals surface area contributed by atoms with Crippen LogP contribution in [0.4, 0.5) is 0 Å². The zero-order valence-electron chi connectivity index (χ0n) is 13.2. The standard InChI is InChI=1S/C16H27N5/c1-11(2)15-10-20(8-9-21(15)17)16-12(3)18-13-6-4-5-7-14(13)19-16/h4-7,11,13-15,18-19H,8-10,17H2,1-3H3. The molecule has 0 radical (unpaired) electrons. The summed E-state index contributed by atoms with van der Waals surface area (Å²) in [4.78, 5) is 2.44. The number of rotatable bonds is 2. The Morgan fingerprint density at radius 2 is 1.81 bits per heavy atom. The van der Waals surface area contributed by atoms with Crippen LogP contribution in [0.1, 0.15) is 20.8 Å². The maximum Gasteiger partial charge on any atom is 0.121 e. The van der Waals surface area contributed by atoms with Crippen LogP contribution in [0, 0.1) is 5.92 Å². The van der Waals surface area contributed by atoms with Gasteiger partial charge in [-0.05, 0) is 12.8 Å². The van der Waals surface area contributed by atoms with E-state index in [9.17, 15) is 0 Å². The average Bonchev–Trinajstić information content (AvgIpc) is 2.47. The summed E-state index contributed by atoms with van der Waals surface area (Å²) in [5, 5.41) is 9.31. The Morgan fingerprint density at radius 1 is 1.14 bits per heavy atom. The molecule has 4 N–H and O–H groups in total. The van der Waals surface area contributed by atoms with Crippen molar-refractivity contribution in [3.05, 3.63) is 35.8 Å². The van der Waals surface area contributed by atoms with Gasteiger partial charge in [-0.25, -0.2) is 5.01 Å². The highest BCUT2D eigenvalue weighted by Gasteiger charge is 2.32. The summed E-state index contributed by atoms with van der Waals surface area (Å²) in [5.41, 5.74) is 1.23. The van der Waals surface area contributed by atoms with Crippen molar-refractivity contribution >= 4 is 0 Å². The van der Waals surface area contributed by atoms with Gasteiger partial charge in [-0.1, -0.05) is 38.2 Å².